The predicted octanol–water partition coefficient (Wildman–Crippen LogP) is 13.6. The third kappa shape index (κ3) is 7.83. The smallest absolute Gasteiger partial charge is 0.0774 e. The van der Waals surface area contributed by atoms with Crippen molar-refractivity contribution in [2.75, 3.05) is 0 Å². The van der Waals surface area contributed by atoms with E-state index in [-0.39, 0.29) is 31.2 Å². The summed E-state index contributed by atoms with van der Waals surface area (Å²) >= 11 is 1.64. The first-order valence-electron chi connectivity index (χ1n) is 21.5. The van der Waals surface area contributed by atoms with Crippen molar-refractivity contribution < 1.29 is 28.3 Å². The third-order valence-corrected chi connectivity index (χ3v) is 10.7. The van der Waals surface area contributed by atoms with Crippen molar-refractivity contribution in [2.45, 2.75) is 20.6 Å². The van der Waals surface area contributed by atoms with Gasteiger partial charge in [-0.2, -0.15) is 0 Å². The molecule has 1 radical (unpaired) electrons. The van der Waals surface area contributed by atoms with Crippen LogP contribution in [0.25, 0.3) is 82.8 Å². The van der Waals surface area contributed by atoms with Crippen LogP contribution in [0.5, 0.6) is 0 Å². The molecular weight excluding hydrogens is 905 g/mol. The van der Waals surface area contributed by atoms with Crippen LogP contribution in [0.4, 0.5) is 0 Å². The average Bonchev–Trinajstić information content (AvgIpc) is 3.90. The van der Waals surface area contributed by atoms with Crippen molar-refractivity contribution in [3.8, 4) is 61.7 Å². The largest absolute Gasteiger partial charge is 0.332 e. The molecule has 0 bridgehead atoms. The summed E-state index contributed by atoms with van der Waals surface area (Å²) in [6.07, 6.45) is 3.18. The maximum absolute atomic E-state index is 7.28. The summed E-state index contributed by atoms with van der Waals surface area (Å²) in [5, 5.41) is 4.80. The summed E-state index contributed by atoms with van der Waals surface area (Å²) in [7, 11) is 0. The second kappa shape index (κ2) is 17.1. The summed E-state index contributed by atoms with van der Waals surface area (Å²) in [4.78, 5) is 13.8. The monoisotopic (exact) mass is 949 g/mol. The minimum atomic E-state index is -2.18. The first-order chi connectivity index (χ1) is 30.4. The van der Waals surface area contributed by atoms with Gasteiger partial charge in [0.05, 0.1) is 22.5 Å². The molecule has 6 aromatic carbocycles. The number of nitrogens with zero attached hydrogens (tertiary/aromatic N) is 4. The molecule has 0 atom stereocenters. The Bertz CT molecular complexity index is 3090. The molecule has 0 saturated heterocycles. The van der Waals surface area contributed by atoms with Crippen LogP contribution in [0.3, 0.4) is 0 Å². The van der Waals surface area contributed by atoms with Crippen molar-refractivity contribution in [1.82, 2.24) is 19.5 Å². The minimum Gasteiger partial charge on any atom is -0.332 e. The van der Waals surface area contributed by atoms with Crippen LogP contribution in [-0.4, -0.2) is 19.5 Å². The molecule has 0 aliphatic heterocycles. The molecule has 6 heteroatoms. The number of hydrogen-bond donors (Lipinski definition) is 0. The fourth-order valence-electron chi connectivity index (χ4n) is 7.09. The second-order valence-electron chi connectivity index (χ2n) is 13.6. The van der Waals surface area contributed by atoms with Gasteiger partial charge < -0.3 is 9.55 Å². The Morgan fingerprint density at radius 3 is 2.02 bits per heavy atom. The molecule has 0 unspecified atom stereocenters. The van der Waals surface area contributed by atoms with Crippen molar-refractivity contribution in [2.24, 2.45) is 0 Å². The summed E-state index contributed by atoms with van der Waals surface area (Å²) in [5.41, 5.74) is 13.6. The molecule has 0 spiro atoms. The quantitative estimate of drug-likeness (QED) is 0.156. The molecule has 283 valence electrons. The molecular formula is C52H38IrN4S-2. The Morgan fingerprint density at radius 2 is 1.34 bits per heavy atom. The SMILES string of the molecule is Cc1cc(-c2ccc3s[c-]c(-c4nc5ccccc5n4-c4c(-c5ccccc5)cccc4-c4ccccc4)c3c2)ccn1.[2H]C([2H])([2H])c1c[c-]c(-c2ccc(C([2H])([2H])[2H])cn2)cc1.[Ir]. The first-order valence-corrected chi connectivity index (χ1v) is 19.3. The zero-order chi connectivity index (χ0) is 43.7. The van der Waals surface area contributed by atoms with Gasteiger partial charge in [0.2, 0.25) is 0 Å². The van der Waals surface area contributed by atoms with Crippen LogP contribution in [0, 0.1) is 32.1 Å². The molecule has 4 heterocycles. The van der Waals surface area contributed by atoms with Crippen molar-refractivity contribution in [3.63, 3.8) is 0 Å². The van der Waals surface area contributed by atoms with Crippen molar-refractivity contribution in [1.29, 1.82) is 0 Å². The Labute approximate surface area is 365 Å². The van der Waals surface area contributed by atoms with Crippen molar-refractivity contribution >= 4 is 32.5 Å². The maximum Gasteiger partial charge on any atom is 0.0774 e. The zero-order valence-corrected chi connectivity index (χ0v) is 34.5. The molecule has 10 rings (SSSR count). The Balaban J connectivity index is 0.000000225. The average molecular weight is 949 g/mol. The van der Waals surface area contributed by atoms with Crippen molar-refractivity contribution in [3.05, 3.63) is 204 Å². The van der Waals surface area contributed by atoms with Gasteiger partial charge in [-0.1, -0.05) is 144 Å². The van der Waals surface area contributed by atoms with E-state index in [9.17, 15) is 0 Å². The molecule has 10 aromatic rings. The number of aromatic nitrogens is 4. The van der Waals surface area contributed by atoms with E-state index in [0.717, 1.165) is 72.6 Å². The number of pyridine rings is 2. The number of hydrogen-bond acceptors (Lipinski definition) is 4. The van der Waals surface area contributed by atoms with Gasteiger partial charge in [-0.25, -0.2) is 0 Å². The summed E-state index contributed by atoms with van der Waals surface area (Å²) in [6.45, 7) is -2.31. The van der Waals surface area contributed by atoms with Gasteiger partial charge in [0.25, 0.3) is 0 Å². The summed E-state index contributed by atoms with van der Waals surface area (Å²) < 4.78 is 47.2. The van der Waals surface area contributed by atoms with Crippen LogP contribution in [-0.2, 0) is 20.1 Å². The molecule has 0 N–H and O–H groups in total. The fourth-order valence-corrected chi connectivity index (χ4v) is 7.91. The number of para-hydroxylation sites is 3. The molecule has 0 aliphatic carbocycles. The van der Waals surface area contributed by atoms with Crippen LogP contribution in [0.1, 0.15) is 25.0 Å². The van der Waals surface area contributed by atoms with Gasteiger partial charge in [-0.15, -0.1) is 40.8 Å². The molecule has 0 amide bonds. The maximum atomic E-state index is 7.28. The first kappa shape index (κ1) is 31.7. The number of thiophene rings is 1. The van der Waals surface area contributed by atoms with Gasteiger partial charge in [-0.3, -0.25) is 21.3 Å². The summed E-state index contributed by atoms with van der Waals surface area (Å²) in [6, 6.07) is 57.6. The van der Waals surface area contributed by atoms with Crippen LogP contribution >= 0.6 is 11.3 Å². The number of rotatable bonds is 6. The number of fused-ring (bicyclic) bond motifs is 2. The normalized spacial score (nSPS) is 12.8. The number of imidazole rings is 1. The molecule has 58 heavy (non-hydrogen) atoms. The summed E-state index contributed by atoms with van der Waals surface area (Å²) in [5.74, 6) is 0.885. The van der Waals surface area contributed by atoms with E-state index >= 15 is 0 Å². The Hall–Kier alpha value is -6.30. The van der Waals surface area contributed by atoms with E-state index in [0.29, 0.717) is 11.3 Å². The van der Waals surface area contributed by atoms with Gasteiger partial charge in [0.15, 0.2) is 0 Å². The fraction of sp³-hybridized carbons (Fsp3) is 0.0577. The van der Waals surface area contributed by atoms with E-state index in [2.05, 4.69) is 159 Å². The molecule has 0 saturated carbocycles. The molecule has 0 fully saturated rings. The topological polar surface area (TPSA) is 43.6 Å². The minimum absolute atomic E-state index is 0. The molecule has 4 aromatic heterocycles. The van der Waals surface area contributed by atoms with Gasteiger partial charge in [-0.05, 0) is 71.6 Å². The van der Waals surface area contributed by atoms with Gasteiger partial charge >= 0.3 is 0 Å². The van der Waals surface area contributed by atoms with E-state index in [1.807, 2.05) is 13.1 Å². The number of benzene rings is 6. The van der Waals surface area contributed by atoms with Crippen LogP contribution in [0.15, 0.2) is 176 Å². The molecule has 4 nitrogen and oxygen atoms in total. The zero-order valence-electron chi connectivity index (χ0n) is 37.3. The van der Waals surface area contributed by atoms with Gasteiger partial charge in [0, 0.05) is 57.5 Å². The van der Waals surface area contributed by atoms with Crippen LogP contribution < -0.4 is 0 Å². The Kier molecular flexibility index (Phi) is 9.33. The Morgan fingerprint density at radius 1 is 0.638 bits per heavy atom. The molecule has 0 aliphatic rings. The van der Waals surface area contributed by atoms with Gasteiger partial charge in [0.1, 0.15) is 0 Å². The second-order valence-corrected chi connectivity index (χ2v) is 14.4. The van der Waals surface area contributed by atoms with E-state index in [1.54, 1.807) is 23.5 Å². The third-order valence-electron chi connectivity index (χ3n) is 9.81. The number of aryl methyl sites for hydroxylation is 3. The van der Waals surface area contributed by atoms with Crippen LogP contribution in [0.2, 0.25) is 0 Å². The van der Waals surface area contributed by atoms with E-state index in [4.69, 9.17) is 13.2 Å². The van der Waals surface area contributed by atoms with E-state index in [1.165, 1.54) is 29.1 Å². The predicted molar refractivity (Wildman–Crippen MR) is 238 cm³/mol. The van der Waals surface area contributed by atoms with E-state index < -0.39 is 13.7 Å². The standard InChI is InChI=1S/C39H26N3S.C13H12N.Ir/c1-26-23-30(21-22-40-26)29-19-20-37-33(24-29)34(25-43-37)39-41-35-17-8-9-18-36(35)42(39)38-31(27-11-4-2-5-12-27)15-10-16-32(38)28-13-6-3-7-14-28;1-10-3-6-12(7-4-10)13-8-5-11(2)9-14-13;/h2-24H,1H3;3-6,8-9H,1-2H3;/q2*-1;/i;1D3,2D3;.